The first kappa shape index (κ1) is 18.6. The van der Waals surface area contributed by atoms with Crippen LogP contribution in [-0.2, 0) is 14.4 Å². The number of benzene rings is 3. The number of hydrogen-bond acceptors (Lipinski definition) is 4. The minimum atomic E-state index is -0.845. The van der Waals surface area contributed by atoms with Gasteiger partial charge in [0.05, 0.1) is 17.4 Å². The SMILES string of the molecule is Cc1cccc(C)c1N1C(=O)[C@@H]2[C@H](ON(c3ccccc3)[C@H]2c2ccccc2)C1=O. The van der Waals surface area contributed by atoms with Crippen molar-refractivity contribution in [2.75, 3.05) is 9.96 Å². The normalized spacial score (nSPS) is 23.2. The minimum Gasteiger partial charge on any atom is -0.273 e. The molecule has 0 aliphatic carbocycles. The van der Waals surface area contributed by atoms with Gasteiger partial charge in [0, 0.05) is 0 Å². The van der Waals surface area contributed by atoms with Crippen LogP contribution in [0.15, 0.2) is 78.9 Å². The Morgan fingerprint density at radius 3 is 1.97 bits per heavy atom. The van der Waals surface area contributed by atoms with Crippen LogP contribution in [0.5, 0.6) is 0 Å². The van der Waals surface area contributed by atoms with E-state index in [-0.39, 0.29) is 17.9 Å². The molecule has 5 rings (SSSR count). The van der Waals surface area contributed by atoms with E-state index < -0.39 is 12.0 Å². The molecule has 3 aromatic carbocycles. The van der Waals surface area contributed by atoms with Gasteiger partial charge in [-0.25, -0.2) is 9.96 Å². The van der Waals surface area contributed by atoms with E-state index in [1.54, 1.807) is 5.06 Å². The zero-order chi connectivity index (χ0) is 20.8. The number of amides is 2. The third-order valence-corrected chi connectivity index (χ3v) is 5.93. The zero-order valence-electron chi connectivity index (χ0n) is 16.9. The minimum absolute atomic E-state index is 0.213. The van der Waals surface area contributed by atoms with Gasteiger partial charge < -0.3 is 0 Å². The van der Waals surface area contributed by atoms with Gasteiger partial charge >= 0.3 is 0 Å². The van der Waals surface area contributed by atoms with Crippen LogP contribution in [0.25, 0.3) is 0 Å². The lowest BCUT2D eigenvalue weighted by Crippen LogP contribution is -2.38. The maximum absolute atomic E-state index is 13.7. The molecule has 2 amide bonds. The lowest BCUT2D eigenvalue weighted by Gasteiger charge is -2.29. The summed E-state index contributed by atoms with van der Waals surface area (Å²) >= 11 is 0. The number of carbonyl (C=O) groups excluding carboxylic acids is 2. The quantitative estimate of drug-likeness (QED) is 0.616. The van der Waals surface area contributed by atoms with E-state index >= 15 is 0 Å². The van der Waals surface area contributed by atoms with Crippen molar-refractivity contribution in [3.63, 3.8) is 0 Å². The van der Waals surface area contributed by atoms with Crippen molar-refractivity contribution in [1.29, 1.82) is 0 Å². The summed E-state index contributed by atoms with van der Waals surface area (Å²) in [5.74, 6) is -1.13. The second kappa shape index (κ2) is 7.11. The van der Waals surface area contributed by atoms with Crippen LogP contribution in [-0.4, -0.2) is 17.9 Å². The van der Waals surface area contributed by atoms with Crippen LogP contribution >= 0.6 is 0 Å². The average molecular weight is 398 g/mol. The second-order valence-corrected chi connectivity index (χ2v) is 7.82. The standard InChI is InChI=1S/C25H22N2O3/c1-16-10-9-11-17(2)21(16)26-24(28)20-22(18-12-5-3-6-13-18)27(30-23(20)25(26)29)19-14-7-4-8-15-19/h3-15,20,22-23H,1-2H3/t20-,22-,23-/m0/s1. The molecule has 0 aromatic heterocycles. The number of aryl methyl sites for hydroxylation is 2. The number of nitrogens with zero attached hydrogens (tertiary/aromatic N) is 2. The number of hydroxylamine groups is 1. The molecule has 0 N–H and O–H groups in total. The summed E-state index contributed by atoms with van der Waals surface area (Å²) in [5.41, 5.74) is 4.22. The van der Waals surface area contributed by atoms with Gasteiger partial charge in [-0.05, 0) is 42.7 Å². The molecule has 5 nitrogen and oxygen atoms in total. The van der Waals surface area contributed by atoms with Crippen molar-refractivity contribution in [3.8, 4) is 0 Å². The number of hydrogen-bond donors (Lipinski definition) is 0. The Morgan fingerprint density at radius 2 is 1.33 bits per heavy atom. The molecule has 0 saturated carbocycles. The summed E-state index contributed by atoms with van der Waals surface area (Å²) in [4.78, 5) is 34.6. The highest BCUT2D eigenvalue weighted by Gasteiger charge is 2.60. The second-order valence-electron chi connectivity index (χ2n) is 7.82. The molecular formula is C25H22N2O3. The Kier molecular flexibility index (Phi) is 4.40. The molecule has 0 spiro atoms. The van der Waals surface area contributed by atoms with E-state index in [1.165, 1.54) is 4.90 Å². The van der Waals surface area contributed by atoms with Crippen LogP contribution in [0.4, 0.5) is 11.4 Å². The molecule has 5 heteroatoms. The Bertz CT molecular complexity index is 1090. The maximum atomic E-state index is 13.7. The van der Waals surface area contributed by atoms with Crippen molar-refractivity contribution >= 4 is 23.2 Å². The molecule has 150 valence electrons. The Hall–Kier alpha value is -3.44. The summed E-state index contributed by atoms with van der Waals surface area (Å²) < 4.78 is 0. The summed E-state index contributed by atoms with van der Waals surface area (Å²) in [6, 6.07) is 24.8. The fourth-order valence-corrected chi connectivity index (χ4v) is 4.58. The average Bonchev–Trinajstić information content (AvgIpc) is 3.27. The van der Waals surface area contributed by atoms with E-state index in [1.807, 2.05) is 92.7 Å². The topological polar surface area (TPSA) is 49.9 Å². The molecule has 3 atom stereocenters. The Morgan fingerprint density at radius 1 is 0.733 bits per heavy atom. The van der Waals surface area contributed by atoms with E-state index in [9.17, 15) is 9.59 Å². The van der Waals surface area contributed by atoms with Gasteiger partial charge in [-0.15, -0.1) is 0 Å². The van der Waals surface area contributed by atoms with E-state index in [2.05, 4.69) is 0 Å². The van der Waals surface area contributed by atoms with Crippen LogP contribution in [0.1, 0.15) is 22.7 Å². The van der Waals surface area contributed by atoms with Crippen LogP contribution in [0, 0.1) is 19.8 Å². The van der Waals surface area contributed by atoms with E-state index in [0.29, 0.717) is 5.69 Å². The molecule has 0 unspecified atom stereocenters. The van der Waals surface area contributed by atoms with Crippen LogP contribution in [0.2, 0.25) is 0 Å². The molecule has 2 saturated heterocycles. The van der Waals surface area contributed by atoms with Crippen molar-refractivity contribution in [2.45, 2.75) is 26.0 Å². The first-order valence-electron chi connectivity index (χ1n) is 10.1. The summed E-state index contributed by atoms with van der Waals surface area (Å²) in [7, 11) is 0. The van der Waals surface area contributed by atoms with Crippen molar-refractivity contribution in [2.24, 2.45) is 5.92 Å². The third kappa shape index (κ3) is 2.74. The van der Waals surface area contributed by atoms with Gasteiger partial charge in [0.1, 0.15) is 5.92 Å². The van der Waals surface area contributed by atoms with Gasteiger partial charge in [0.25, 0.3) is 5.91 Å². The predicted molar refractivity (Wildman–Crippen MR) is 115 cm³/mol. The molecule has 2 fully saturated rings. The highest BCUT2D eigenvalue weighted by Crippen LogP contribution is 2.48. The lowest BCUT2D eigenvalue weighted by molar-refractivity contribution is -0.126. The Labute approximate surface area is 175 Å². The Balaban J connectivity index is 1.61. The highest BCUT2D eigenvalue weighted by atomic mass is 16.7. The number of carbonyl (C=O) groups is 2. The molecule has 0 radical (unpaired) electrons. The fraction of sp³-hybridized carbons (Fsp3) is 0.200. The van der Waals surface area contributed by atoms with E-state index in [0.717, 1.165) is 22.4 Å². The number of fused-ring (bicyclic) bond motifs is 1. The molecule has 30 heavy (non-hydrogen) atoms. The monoisotopic (exact) mass is 398 g/mol. The highest BCUT2D eigenvalue weighted by molar-refractivity contribution is 6.24. The van der Waals surface area contributed by atoms with E-state index in [4.69, 9.17) is 4.84 Å². The first-order valence-corrected chi connectivity index (χ1v) is 10.1. The number of imide groups is 1. The van der Waals surface area contributed by atoms with Gasteiger partial charge in [0.15, 0.2) is 6.10 Å². The van der Waals surface area contributed by atoms with Gasteiger partial charge in [-0.3, -0.25) is 14.4 Å². The lowest BCUT2D eigenvalue weighted by atomic mass is 9.90. The molecule has 0 bridgehead atoms. The van der Waals surface area contributed by atoms with Crippen molar-refractivity contribution in [1.82, 2.24) is 0 Å². The smallest absolute Gasteiger partial charge is 0.266 e. The van der Waals surface area contributed by atoms with Gasteiger partial charge in [-0.1, -0.05) is 66.7 Å². The zero-order valence-corrected chi connectivity index (χ0v) is 16.9. The molecule has 2 aliphatic rings. The third-order valence-electron chi connectivity index (χ3n) is 5.93. The summed E-state index contributed by atoms with van der Waals surface area (Å²) in [6.45, 7) is 3.84. The predicted octanol–water partition coefficient (Wildman–Crippen LogP) is 4.35. The van der Waals surface area contributed by atoms with Crippen molar-refractivity contribution in [3.05, 3.63) is 95.6 Å². The van der Waals surface area contributed by atoms with Crippen molar-refractivity contribution < 1.29 is 14.4 Å². The molecule has 2 aliphatic heterocycles. The first-order chi connectivity index (χ1) is 14.6. The molecule has 2 heterocycles. The van der Waals surface area contributed by atoms with Crippen LogP contribution in [0.3, 0.4) is 0 Å². The number of rotatable bonds is 3. The molecular weight excluding hydrogens is 376 g/mol. The fourth-order valence-electron chi connectivity index (χ4n) is 4.58. The van der Waals surface area contributed by atoms with Crippen LogP contribution < -0.4 is 9.96 Å². The van der Waals surface area contributed by atoms with Gasteiger partial charge in [0.2, 0.25) is 5.91 Å². The summed E-state index contributed by atoms with van der Waals surface area (Å²) in [5, 5.41) is 1.72. The summed E-state index contributed by atoms with van der Waals surface area (Å²) in [6.07, 6.45) is -0.845. The molecule has 3 aromatic rings. The number of para-hydroxylation sites is 2. The number of anilines is 2. The largest absolute Gasteiger partial charge is 0.273 e. The maximum Gasteiger partial charge on any atom is 0.266 e. The van der Waals surface area contributed by atoms with Gasteiger partial charge in [-0.2, -0.15) is 0 Å².